The van der Waals surface area contributed by atoms with Gasteiger partial charge in [-0.05, 0) is 12.1 Å². The lowest BCUT2D eigenvalue weighted by Gasteiger charge is -2.47. The van der Waals surface area contributed by atoms with Gasteiger partial charge >= 0.3 is 0 Å². The molecule has 6 heteroatoms. The first kappa shape index (κ1) is 13.2. The van der Waals surface area contributed by atoms with Gasteiger partial charge in [-0.15, -0.1) is 0 Å². The van der Waals surface area contributed by atoms with Crippen molar-refractivity contribution in [3.8, 4) is 11.3 Å². The van der Waals surface area contributed by atoms with E-state index in [1.54, 1.807) is 0 Å². The van der Waals surface area contributed by atoms with Gasteiger partial charge in [0.15, 0.2) is 0 Å². The van der Waals surface area contributed by atoms with Crippen LogP contribution in [0.4, 0.5) is 0 Å². The molecule has 2 aromatic heterocycles. The van der Waals surface area contributed by atoms with Gasteiger partial charge in [-0.25, -0.2) is 4.98 Å². The molecule has 0 atom stereocenters. The van der Waals surface area contributed by atoms with Crippen LogP contribution in [-0.4, -0.2) is 57.0 Å². The summed E-state index contributed by atoms with van der Waals surface area (Å²) in [5, 5.41) is 4.52. The van der Waals surface area contributed by atoms with Crippen LogP contribution in [0.25, 0.3) is 22.3 Å². The van der Waals surface area contributed by atoms with Gasteiger partial charge in [0.1, 0.15) is 0 Å². The van der Waals surface area contributed by atoms with Gasteiger partial charge in [0.2, 0.25) is 0 Å². The van der Waals surface area contributed by atoms with Crippen LogP contribution in [0.5, 0.6) is 0 Å². The van der Waals surface area contributed by atoms with E-state index in [4.69, 9.17) is 4.74 Å². The van der Waals surface area contributed by atoms with Crippen LogP contribution in [0.1, 0.15) is 6.04 Å². The molecule has 0 radical (unpaired) electrons. The van der Waals surface area contributed by atoms with Crippen LogP contribution in [0, 0.1) is 0 Å². The highest BCUT2D eigenvalue weighted by Gasteiger charge is 2.37. The Bertz CT molecular complexity index is 851. The summed E-state index contributed by atoms with van der Waals surface area (Å²) in [6.45, 7) is 3.87. The van der Waals surface area contributed by atoms with Crippen LogP contribution >= 0.6 is 0 Å². The average Bonchev–Trinajstić information content (AvgIpc) is 2.97. The Balaban J connectivity index is 1.36. The highest BCUT2D eigenvalue weighted by Crippen LogP contribution is 2.27. The highest BCUT2D eigenvalue weighted by molar-refractivity contribution is 5.76. The van der Waals surface area contributed by atoms with Crippen molar-refractivity contribution in [1.29, 1.82) is 0 Å². The zero-order valence-electron chi connectivity index (χ0n) is 12.7. The maximum Gasteiger partial charge on any atom is 0.0924 e. The SMILES string of the molecule is c1ccc2nc(-c3cnn(C4CN(C5COC5)C4)c3)cnc2c1. The maximum absolute atomic E-state index is 5.25. The van der Waals surface area contributed by atoms with Gasteiger partial charge in [0, 0.05) is 24.8 Å². The summed E-state index contributed by atoms with van der Waals surface area (Å²) in [7, 11) is 0. The molecule has 5 rings (SSSR count). The molecular weight excluding hydrogens is 290 g/mol. The number of benzene rings is 1. The summed E-state index contributed by atoms with van der Waals surface area (Å²) in [6, 6.07) is 9.00. The standard InChI is InChI=1S/C17H17N5O/c1-2-4-16-15(3-1)18-6-17(20-16)12-5-19-22(7-12)13-8-21(9-13)14-10-23-11-14/h1-7,13-14H,8-11H2. The average molecular weight is 307 g/mol. The highest BCUT2D eigenvalue weighted by atomic mass is 16.5. The van der Waals surface area contributed by atoms with Crippen molar-refractivity contribution in [3.05, 3.63) is 42.9 Å². The van der Waals surface area contributed by atoms with Crippen LogP contribution < -0.4 is 0 Å². The molecule has 3 aromatic rings. The number of ether oxygens (including phenoxy) is 1. The smallest absolute Gasteiger partial charge is 0.0924 e. The molecule has 23 heavy (non-hydrogen) atoms. The molecule has 0 N–H and O–H groups in total. The first-order chi connectivity index (χ1) is 11.4. The van der Waals surface area contributed by atoms with Crippen molar-refractivity contribution in [3.63, 3.8) is 0 Å². The molecule has 4 heterocycles. The van der Waals surface area contributed by atoms with E-state index in [-0.39, 0.29) is 0 Å². The van der Waals surface area contributed by atoms with E-state index in [0.29, 0.717) is 12.1 Å². The van der Waals surface area contributed by atoms with E-state index in [2.05, 4.69) is 30.8 Å². The zero-order chi connectivity index (χ0) is 15.2. The molecule has 0 bridgehead atoms. The predicted octanol–water partition coefficient (Wildman–Crippen LogP) is 1.75. The second-order valence-electron chi connectivity index (χ2n) is 6.25. The molecule has 0 aliphatic carbocycles. The van der Waals surface area contributed by atoms with E-state index in [1.807, 2.05) is 36.7 Å². The summed E-state index contributed by atoms with van der Waals surface area (Å²) in [5.41, 5.74) is 3.73. The molecule has 116 valence electrons. The predicted molar refractivity (Wildman–Crippen MR) is 86.0 cm³/mol. The summed E-state index contributed by atoms with van der Waals surface area (Å²) in [6.07, 6.45) is 5.79. The lowest BCUT2D eigenvalue weighted by Crippen LogP contribution is -2.59. The van der Waals surface area contributed by atoms with Gasteiger partial charge in [-0.1, -0.05) is 12.1 Å². The molecule has 0 amide bonds. The molecule has 2 saturated heterocycles. The number of hydrogen-bond acceptors (Lipinski definition) is 5. The van der Waals surface area contributed by atoms with Crippen molar-refractivity contribution in [2.45, 2.75) is 12.1 Å². The maximum atomic E-state index is 5.25. The largest absolute Gasteiger partial charge is 0.378 e. The first-order valence-electron chi connectivity index (χ1n) is 7.95. The third-order valence-electron chi connectivity index (χ3n) is 4.75. The van der Waals surface area contributed by atoms with Gasteiger partial charge in [-0.3, -0.25) is 14.6 Å². The Morgan fingerprint density at radius 3 is 2.61 bits per heavy atom. The van der Waals surface area contributed by atoms with Crippen molar-refractivity contribution in [2.24, 2.45) is 0 Å². The van der Waals surface area contributed by atoms with Gasteiger partial charge < -0.3 is 4.74 Å². The minimum absolute atomic E-state index is 0.456. The van der Waals surface area contributed by atoms with Crippen LogP contribution in [0.2, 0.25) is 0 Å². The first-order valence-corrected chi connectivity index (χ1v) is 7.95. The number of para-hydroxylation sites is 2. The number of fused-ring (bicyclic) bond motifs is 1. The summed E-state index contributed by atoms with van der Waals surface area (Å²) in [4.78, 5) is 11.6. The fraction of sp³-hybridized carbons (Fsp3) is 0.353. The molecule has 0 saturated carbocycles. The fourth-order valence-corrected chi connectivity index (χ4v) is 3.15. The third-order valence-corrected chi connectivity index (χ3v) is 4.75. The zero-order valence-corrected chi connectivity index (χ0v) is 12.7. The van der Waals surface area contributed by atoms with E-state index < -0.39 is 0 Å². The van der Waals surface area contributed by atoms with E-state index >= 15 is 0 Å². The summed E-state index contributed by atoms with van der Waals surface area (Å²) >= 11 is 0. The number of nitrogens with zero attached hydrogens (tertiary/aromatic N) is 5. The molecule has 2 fully saturated rings. The second kappa shape index (κ2) is 5.11. The summed E-state index contributed by atoms with van der Waals surface area (Å²) in [5.74, 6) is 0. The van der Waals surface area contributed by atoms with Crippen LogP contribution in [0.3, 0.4) is 0 Å². The number of hydrogen-bond donors (Lipinski definition) is 0. The number of likely N-dealkylation sites (tertiary alicyclic amines) is 1. The molecular formula is C17H17N5O. The summed E-state index contributed by atoms with van der Waals surface area (Å²) < 4.78 is 7.31. The lowest BCUT2D eigenvalue weighted by molar-refractivity contribution is -0.0997. The van der Waals surface area contributed by atoms with E-state index in [0.717, 1.165) is 48.6 Å². The van der Waals surface area contributed by atoms with Gasteiger partial charge in [-0.2, -0.15) is 5.10 Å². The second-order valence-corrected chi connectivity index (χ2v) is 6.25. The minimum atomic E-state index is 0.456. The molecule has 6 nitrogen and oxygen atoms in total. The molecule has 0 spiro atoms. The fourth-order valence-electron chi connectivity index (χ4n) is 3.15. The number of rotatable bonds is 3. The molecule has 2 aliphatic rings. The van der Waals surface area contributed by atoms with Crippen LogP contribution in [-0.2, 0) is 4.74 Å². The molecule has 2 aliphatic heterocycles. The number of aromatic nitrogens is 4. The van der Waals surface area contributed by atoms with Crippen LogP contribution in [0.15, 0.2) is 42.9 Å². The minimum Gasteiger partial charge on any atom is -0.378 e. The van der Waals surface area contributed by atoms with Crippen molar-refractivity contribution >= 4 is 11.0 Å². The van der Waals surface area contributed by atoms with E-state index in [1.165, 1.54) is 0 Å². The Morgan fingerprint density at radius 2 is 1.83 bits per heavy atom. The Kier molecular flexibility index (Phi) is 2.92. The Labute approximate surface area is 133 Å². The van der Waals surface area contributed by atoms with Crippen molar-refractivity contribution in [1.82, 2.24) is 24.6 Å². The molecule has 1 aromatic carbocycles. The van der Waals surface area contributed by atoms with E-state index in [9.17, 15) is 0 Å². The van der Waals surface area contributed by atoms with Crippen molar-refractivity contribution < 1.29 is 4.74 Å². The normalized spacial score (nSPS) is 19.7. The lowest BCUT2D eigenvalue weighted by atomic mass is 10.0. The Hall–Kier alpha value is -2.31. The van der Waals surface area contributed by atoms with Gasteiger partial charge in [0.05, 0.1) is 54.4 Å². The van der Waals surface area contributed by atoms with Gasteiger partial charge in [0.25, 0.3) is 0 Å². The molecule has 0 unspecified atom stereocenters. The third kappa shape index (κ3) is 2.22. The Morgan fingerprint density at radius 1 is 1.00 bits per heavy atom. The monoisotopic (exact) mass is 307 g/mol. The quantitative estimate of drug-likeness (QED) is 0.738. The van der Waals surface area contributed by atoms with Crippen molar-refractivity contribution in [2.75, 3.05) is 26.3 Å². The topological polar surface area (TPSA) is 56.1 Å².